The van der Waals surface area contributed by atoms with Gasteiger partial charge in [-0.15, -0.1) is 0 Å². The van der Waals surface area contributed by atoms with Gasteiger partial charge < -0.3 is 25.0 Å². The molecule has 24 heavy (non-hydrogen) atoms. The van der Waals surface area contributed by atoms with Crippen molar-refractivity contribution in [3.8, 4) is 0 Å². The van der Waals surface area contributed by atoms with Gasteiger partial charge in [-0.3, -0.25) is 0 Å². The predicted molar refractivity (Wildman–Crippen MR) is 92.4 cm³/mol. The zero-order chi connectivity index (χ0) is 17.4. The summed E-state index contributed by atoms with van der Waals surface area (Å²) < 4.78 is 10.1. The van der Waals surface area contributed by atoms with Crippen molar-refractivity contribution in [2.75, 3.05) is 50.6 Å². The topological polar surface area (TPSA) is 88.6 Å². The maximum atomic E-state index is 11.7. The third-order valence-electron chi connectivity index (χ3n) is 3.82. The second kappa shape index (κ2) is 9.27. The number of aromatic nitrogens is 2. The molecule has 0 spiro atoms. The van der Waals surface area contributed by atoms with E-state index in [4.69, 9.17) is 9.47 Å². The molecular weight excluding hydrogens is 310 g/mol. The van der Waals surface area contributed by atoms with Crippen molar-refractivity contribution < 1.29 is 14.3 Å². The summed E-state index contributed by atoms with van der Waals surface area (Å²) in [7, 11) is 1.66. The van der Waals surface area contributed by atoms with Crippen LogP contribution in [-0.4, -0.2) is 67.0 Å². The van der Waals surface area contributed by atoms with Crippen molar-refractivity contribution in [2.24, 2.45) is 0 Å². The van der Waals surface area contributed by atoms with Crippen molar-refractivity contribution in [3.63, 3.8) is 0 Å². The number of nitrogens with one attached hydrogen (secondary N) is 2. The summed E-state index contributed by atoms with van der Waals surface area (Å²) in [5.41, 5.74) is 0.899. The first-order valence-electron chi connectivity index (χ1n) is 8.39. The smallest absolute Gasteiger partial charge is 0.409 e. The van der Waals surface area contributed by atoms with E-state index in [0.717, 1.165) is 24.4 Å². The van der Waals surface area contributed by atoms with E-state index in [9.17, 15) is 4.79 Å². The van der Waals surface area contributed by atoms with Crippen LogP contribution in [0.5, 0.6) is 0 Å². The minimum absolute atomic E-state index is 0.224. The molecule has 0 saturated carbocycles. The van der Waals surface area contributed by atoms with E-state index in [2.05, 4.69) is 20.6 Å². The molecule has 1 aliphatic rings. The van der Waals surface area contributed by atoms with Crippen LogP contribution >= 0.6 is 0 Å². The fraction of sp³-hybridized carbons (Fsp3) is 0.688. The van der Waals surface area contributed by atoms with Gasteiger partial charge in [0, 0.05) is 44.5 Å². The van der Waals surface area contributed by atoms with Crippen molar-refractivity contribution >= 4 is 17.9 Å². The Labute approximate surface area is 142 Å². The second-order valence-electron chi connectivity index (χ2n) is 5.74. The van der Waals surface area contributed by atoms with Gasteiger partial charge in [0.15, 0.2) is 0 Å². The molecule has 1 fully saturated rings. The average molecular weight is 337 g/mol. The minimum Gasteiger partial charge on any atom is -0.450 e. The number of methoxy groups -OCH3 is 1. The number of carbonyl (C=O) groups excluding carboxylic acids is 1. The van der Waals surface area contributed by atoms with Gasteiger partial charge in [0.05, 0.1) is 13.2 Å². The largest absolute Gasteiger partial charge is 0.450 e. The summed E-state index contributed by atoms with van der Waals surface area (Å²) in [6.45, 7) is 6.83. The van der Waals surface area contributed by atoms with Gasteiger partial charge in [0.25, 0.3) is 0 Å². The fourth-order valence-electron chi connectivity index (χ4n) is 2.62. The molecule has 1 aromatic heterocycles. The van der Waals surface area contributed by atoms with Crippen molar-refractivity contribution in [1.29, 1.82) is 0 Å². The number of ether oxygens (including phenoxy) is 2. The van der Waals surface area contributed by atoms with Gasteiger partial charge in [-0.1, -0.05) is 0 Å². The van der Waals surface area contributed by atoms with Gasteiger partial charge in [-0.05, 0) is 26.7 Å². The van der Waals surface area contributed by atoms with E-state index in [0.29, 0.717) is 38.8 Å². The van der Waals surface area contributed by atoms with Crippen LogP contribution in [0.2, 0.25) is 0 Å². The molecule has 0 bridgehead atoms. The molecule has 8 heteroatoms. The summed E-state index contributed by atoms with van der Waals surface area (Å²) in [5, 5.41) is 6.59. The number of amides is 1. The van der Waals surface area contributed by atoms with Gasteiger partial charge in [-0.25, -0.2) is 9.78 Å². The van der Waals surface area contributed by atoms with Crippen LogP contribution in [0.1, 0.15) is 25.5 Å². The minimum atomic E-state index is -0.224. The quantitative estimate of drug-likeness (QED) is 0.734. The molecule has 1 amide bonds. The lowest BCUT2D eigenvalue weighted by Gasteiger charge is -2.31. The molecule has 1 saturated heterocycles. The van der Waals surface area contributed by atoms with E-state index < -0.39 is 0 Å². The molecule has 8 nitrogen and oxygen atoms in total. The Balaban J connectivity index is 1.86. The van der Waals surface area contributed by atoms with E-state index in [-0.39, 0.29) is 12.1 Å². The number of hydrogen-bond acceptors (Lipinski definition) is 7. The Bertz CT molecular complexity index is 532. The summed E-state index contributed by atoms with van der Waals surface area (Å²) >= 11 is 0. The number of likely N-dealkylation sites (tertiary alicyclic amines) is 1. The van der Waals surface area contributed by atoms with Crippen LogP contribution in [0.3, 0.4) is 0 Å². The van der Waals surface area contributed by atoms with E-state index in [1.807, 2.05) is 19.9 Å². The first kappa shape index (κ1) is 18.3. The molecular formula is C16H27N5O3. The number of piperidine rings is 1. The number of nitrogens with zero attached hydrogens (tertiary/aromatic N) is 3. The van der Waals surface area contributed by atoms with Crippen LogP contribution < -0.4 is 10.6 Å². The zero-order valence-electron chi connectivity index (χ0n) is 14.7. The first-order valence-corrected chi connectivity index (χ1v) is 8.39. The molecule has 0 aliphatic carbocycles. The van der Waals surface area contributed by atoms with Crippen molar-refractivity contribution in [3.05, 3.63) is 11.8 Å². The average Bonchev–Trinajstić information content (AvgIpc) is 2.55. The fourth-order valence-corrected chi connectivity index (χ4v) is 2.62. The lowest BCUT2D eigenvalue weighted by molar-refractivity contribution is 0.0983. The van der Waals surface area contributed by atoms with Crippen LogP contribution in [0.25, 0.3) is 0 Å². The highest BCUT2D eigenvalue weighted by molar-refractivity contribution is 5.67. The predicted octanol–water partition coefficient (Wildman–Crippen LogP) is 1.88. The molecule has 0 atom stereocenters. The van der Waals surface area contributed by atoms with Gasteiger partial charge in [0.2, 0.25) is 5.95 Å². The Morgan fingerprint density at radius 2 is 2.12 bits per heavy atom. The number of aryl methyl sites for hydroxylation is 1. The standard InChI is InChI=1S/C16H27N5O3/c1-4-24-16(22)21-8-5-13(6-9-21)19-14-11-12(2)18-15(20-14)17-7-10-23-3/h11,13H,4-10H2,1-3H3,(H2,17,18,19,20). The molecule has 2 heterocycles. The highest BCUT2D eigenvalue weighted by Gasteiger charge is 2.23. The molecule has 2 rings (SSSR count). The summed E-state index contributed by atoms with van der Waals surface area (Å²) in [6, 6.07) is 2.22. The van der Waals surface area contributed by atoms with Gasteiger partial charge in [-0.2, -0.15) is 4.98 Å². The molecule has 134 valence electrons. The lowest BCUT2D eigenvalue weighted by atomic mass is 10.1. The van der Waals surface area contributed by atoms with Crippen molar-refractivity contribution in [2.45, 2.75) is 32.7 Å². The zero-order valence-corrected chi connectivity index (χ0v) is 14.7. The normalized spacial score (nSPS) is 15.2. The SMILES string of the molecule is CCOC(=O)N1CCC(Nc2cc(C)nc(NCCOC)n2)CC1. The monoisotopic (exact) mass is 337 g/mol. The molecule has 1 aliphatic heterocycles. The van der Waals surface area contributed by atoms with Crippen LogP contribution in [0.4, 0.5) is 16.6 Å². The number of hydrogen-bond donors (Lipinski definition) is 2. The molecule has 0 aromatic carbocycles. The highest BCUT2D eigenvalue weighted by Crippen LogP contribution is 2.17. The van der Waals surface area contributed by atoms with Crippen LogP contribution in [-0.2, 0) is 9.47 Å². The third-order valence-corrected chi connectivity index (χ3v) is 3.82. The van der Waals surface area contributed by atoms with Crippen molar-refractivity contribution in [1.82, 2.24) is 14.9 Å². The van der Waals surface area contributed by atoms with Gasteiger partial charge in [0.1, 0.15) is 5.82 Å². The van der Waals surface area contributed by atoms with Gasteiger partial charge >= 0.3 is 6.09 Å². The molecule has 0 radical (unpaired) electrons. The van der Waals surface area contributed by atoms with E-state index in [1.165, 1.54) is 0 Å². The second-order valence-corrected chi connectivity index (χ2v) is 5.74. The van der Waals surface area contributed by atoms with E-state index in [1.54, 1.807) is 12.0 Å². The van der Waals surface area contributed by atoms with Crippen LogP contribution in [0, 0.1) is 6.92 Å². The number of anilines is 2. The molecule has 1 aromatic rings. The first-order chi connectivity index (χ1) is 11.6. The Morgan fingerprint density at radius 3 is 2.79 bits per heavy atom. The third kappa shape index (κ3) is 5.52. The van der Waals surface area contributed by atoms with E-state index >= 15 is 0 Å². The maximum Gasteiger partial charge on any atom is 0.409 e. The highest BCUT2D eigenvalue weighted by atomic mass is 16.6. The number of rotatable bonds is 7. The molecule has 0 unspecified atom stereocenters. The summed E-state index contributed by atoms with van der Waals surface area (Å²) in [6.07, 6.45) is 1.52. The lowest BCUT2D eigenvalue weighted by Crippen LogP contribution is -2.42. The summed E-state index contributed by atoms with van der Waals surface area (Å²) in [5.74, 6) is 1.40. The Hall–Kier alpha value is -2.09. The Morgan fingerprint density at radius 1 is 1.38 bits per heavy atom. The Kier molecular flexibility index (Phi) is 7.05. The van der Waals surface area contributed by atoms with Crippen LogP contribution in [0.15, 0.2) is 6.07 Å². The maximum absolute atomic E-state index is 11.7. The number of carbonyl (C=O) groups is 1. The molecule has 2 N–H and O–H groups in total. The summed E-state index contributed by atoms with van der Waals surface area (Å²) in [4.78, 5) is 22.3.